The molecule has 0 atom stereocenters. The Bertz CT molecular complexity index is 197. The first-order valence-electron chi connectivity index (χ1n) is 4.33. The number of unbranched alkanes of at least 4 members (excludes halogenated alkanes) is 1. The lowest BCUT2D eigenvalue weighted by Gasteiger charge is -2.01. The highest BCUT2D eigenvalue weighted by atomic mass is 19.4. The minimum Gasteiger partial charge on any atom is -0.501 e. The fraction of sp³-hybridized carbons (Fsp3) is 0.667. The minimum atomic E-state index is -4.44. The van der Waals surface area contributed by atoms with Crippen molar-refractivity contribution in [3.63, 3.8) is 0 Å². The Hall–Kier alpha value is -1.00. The minimum absolute atomic E-state index is 0.423. The van der Waals surface area contributed by atoms with Crippen LogP contribution in [0.2, 0.25) is 0 Å². The Kier molecular flexibility index (Phi) is 5.99. The van der Waals surface area contributed by atoms with Crippen molar-refractivity contribution in [1.29, 1.82) is 0 Å². The number of alkyl halides is 3. The maximum atomic E-state index is 11.6. The lowest BCUT2D eigenvalue weighted by atomic mass is 10.3. The molecular formula is C9H13F3O2. The molecule has 14 heavy (non-hydrogen) atoms. The van der Waals surface area contributed by atoms with Gasteiger partial charge in [0.05, 0.1) is 12.9 Å². The summed E-state index contributed by atoms with van der Waals surface area (Å²) in [6.07, 6.45) is -2.29. The summed E-state index contributed by atoms with van der Waals surface area (Å²) in [6, 6.07) is 0. The standard InChI is InChI=1S/C9H13F3O2/c1-2-3-5-14-6-4-8(13)7-9(10,11)12/h4,6H,2-3,5,7H2,1H3. The maximum absolute atomic E-state index is 11.6. The van der Waals surface area contributed by atoms with Gasteiger partial charge in [0.2, 0.25) is 0 Å². The topological polar surface area (TPSA) is 26.3 Å². The van der Waals surface area contributed by atoms with Crippen LogP contribution in [0.1, 0.15) is 26.2 Å². The molecule has 0 aromatic heterocycles. The zero-order valence-electron chi connectivity index (χ0n) is 7.93. The van der Waals surface area contributed by atoms with Crippen molar-refractivity contribution in [2.45, 2.75) is 32.4 Å². The number of ketones is 1. The van der Waals surface area contributed by atoms with Gasteiger partial charge in [0, 0.05) is 6.08 Å². The number of halogens is 3. The number of rotatable bonds is 6. The molecular weight excluding hydrogens is 197 g/mol. The average Bonchev–Trinajstić information content (AvgIpc) is 2.00. The second kappa shape index (κ2) is 6.45. The van der Waals surface area contributed by atoms with Gasteiger partial charge >= 0.3 is 6.18 Å². The third-order valence-electron chi connectivity index (χ3n) is 1.34. The lowest BCUT2D eigenvalue weighted by Crippen LogP contribution is -2.12. The Balaban J connectivity index is 3.61. The Morgan fingerprint density at radius 1 is 1.43 bits per heavy atom. The van der Waals surface area contributed by atoms with Crippen LogP contribution in [0, 0.1) is 0 Å². The molecule has 0 radical (unpaired) electrons. The summed E-state index contributed by atoms with van der Waals surface area (Å²) in [7, 11) is 0. The summed E-state index contributed by atoms with van der Waals surface area (Å²) < 4.78 is 39.7. The average molecular weight is 210 g/mol. The highest BCUT2D eigenvalue weighted by Crippen LogP contribution is 2.19. The molecule has 0 heterocycles. The molecule has 0 fully saturated rings. The van der Waals surface area contributed by atoms with E-state index in [0.29, 0.717) is 6.61 Å². The highest BCUT2D eigenvalue weighted by Gasteiger charge is 2.29. The van der Waals surface area contributed by atoms with Gasteiger partial charge < -0.3 is 4.74 Å². The van der Waals surface area contributed by atoms with Gasteiger partial charge in [0.1, 0.15) is 6.42 Å². The van der Waals surface area contributed by atoms with Crippen molar-refractivity contribution in [2.24, 2.45) is 0 Å². The maximum Gasteiger partial charge on any atom is 0.396 e. The molecule has 0 aromatic rings. The number of carbonyl (C=O) groups is 1. The van der Waals surface area contributed by atoms with E-state index >= 15 is 0 Å². The SMILES string of the molecule is CCCCOC=CC(=O)CC(F)(F)F. The Morgan fingerprint density at radius 3 is 2.57 bits per heavy atom. The number of hydrogen-bond donors (Lipinski definition) is 0. The molecule has 0 unspecified atom stereocenters. The molecule has 0 aliphatic carbocycles. The van der Waals surface area contributed by atoms with Gasteiger partial charge in [-0.2, -0.15) is 13.2 Å². The van der Waals surface area contributed by atoms with Crippen molar-refractivity contribution in [3.8, 4) is 0 Å². The third-order valence-corrected chi connectivity index (χ3v) is 1.34. The zero-order chi connectivity index (χ0) is 11.0. The molecule has 0 spiro atoms. The third kappa shape index (κ3) is 9.09. The van der Waals surface area contributed by atoms with E-state index in [9.17, 15) is 18.0 Å². The monoisotopic (exact) mass is 210 g/mol. The van der Waals surface area contributed by atoms with E-state index in [0.717, 1.165) is 25.2 Å². The second-order valence-corrected chi connectivity index (χ2v) is 2.79. The van der Waals surface area contributed by atoms with Crippen LogP contribution in [0.3, 0.4) is 0 Å². The first-order chi connectivity index (χ1) is 6.45. The quantitative estimate of drug-likeness (QED) is 0.383. The van der Waals surface area contributed by atoms with Crippen molar-refractivity contribution >= 4 is 5.78 Å². The van der Waals surface area contributed by atoms with E-state index in [2.05, 4.69) is 0 Å². The first kappa shape index (κ1) is 13.0. The van der Waals surface area contributed by atoms with Crippen LogP contribution < -0.4 is 0 Å². The Labute approximate surface area is 80.7 Å². The van der Waals surface area contributed by atoms with Gasteiger partial charge in [-0.25, -0.2) is 0 Å². The van der Waals surface area contributed by atoms with E-state index in [1.807, 2.05) is 6.92 Å². The molecule has 5 heteroatoms. The molecule has 0 saturated carbocycles. The van der Waals surface area contributed by atoms with Gasteiger partial charge in [0.25, 0.3) is 0 Å². The van der Waals surface area contributed by atoms with Gasteiger partial charge in [-0.1, -0.05) is 13.3 Å². The summed E-state index contributed by atoms with van der Waals surface area (Å²) in [4.78, 5) is 10.6. The largest absolute Gasteiger partial charge is 0.501 e. The summed E-state index contributed by atoms with van der Waals surface area (Å²) in [5.41, 5.74) is 0. The van der Waals surface area contributed by atoms with Crippen LogP contribution in [-0.4, -0.2) is 18.6 Å². The first-order valence-corrected chi connectivity index (χ1v) is 4.33. The number of ether oxygens (including phenoxy) is 1. The predicted molar refractivity (Wildman–Crippen MR) is 45.7 cm³/mol. The van der Waals surface area contributed by atoms with Crippen LogP contribution in [0.15, 0.2) is 12.3 Å². The predicted octanol–water partition coefficient (Wildman–Crippen LogP) is 2.84. The molecule has 0 saturated heterocycles. The smallest absolute Gasteiger partial charge is 0.396 e. The molecule has 0 aliphatic rings. The summed E-state index contributed by atoms with van der Waals surface area (Å²) in [5, 5.41) is 0. The molecule has 0 rings (SSSR count). The van der Waals surface area contributed by atoms with Crippen molar-refractivity contribution < 1.29 is 22.7 Å². The van der Waals surface area contributed by atoms with E-state index in [-0.39, 0.29) is 0 Å². The van der Waals surface area contributed by atoms with E-state index in [1.54, 1.807) is 0 Å². The molecule has 0 aliphatic heterocycles. The van der Waals surface area contributed by atoms with E-state index in [4.69, 9.17) is 4.74 Å². The summed E-state index contributed by atoms with van der Waals surface area (Å²) in [5.74, 6) is -0.992. The molecule has 82 valence electrons. The van der Waals surface area contributed by atoms with Crippen molar-refractivity contribution in [3.05, 3.63) is 12.3 Å². The fourth-order valence-electron chi connectivity index (χ4n) is 0.676. The van der Waals surface area contributed by atoms with Gasteiger partial charge in [-0.3, -0.25) is 4.79 Å². The van der Waals surface area contributed by atoms with E-state index in [1.165, 1.54) is 0 Å². The van der Waals surface area contributed by atoms with Crippen LogP contribution in [0.25, 0.3) is 0 Å². The van der Waals surface area contributed by atoms with Crippen LogP contribution >= 0.6 is 0 Å². The zero-order valence-corrected chi connectivity index (χ0v) is 7.93. The van der Waals surface area contributed by atoms with Crippen LogP contribution in [0.4, 0.5) is 13.2 Å². The van der Waals surface area contributed by atoms with Crippen LogP contribution in [0.5, 0.6) is 0 Å². The van der Waals surface area contributed by atoms with Gasteiger partial charge in [-0.05, 0) is 6.42 Å². The molecule has 2 nitrogen and oxygen atoms in total. The highest BCUT2D eigenvalue weighted by molar-refractivity contribution is 5.89. The Morgan fingerprint density at radius 2 is 2.07 bits per heavy atom. The number of hydrogen-bond acceptors (Lipinski definition) is 2. The summed E-state index contributed by atoms with van der Waals surface area (Å²) in [6.45, 7) is 2.38. The second-order valence-electron chi connectivity index (χ2n) is 2.79. The molecule has 0 amide bonds. The van der Waals surface area contributed by atoms with Gasteiger partial charge in [0.15, 0.2) is 5.78 Å². The van der Waals surface area contributed by atoms with Crippen molar-refractivity contribution in [2.75, 3.05) is 6.61 Å². The lowest BCUT2D eigenvalue weighted by molar-refractivity contribution is -0.149. The molecule has 0 aromatic carbocycles. The van der Waals surface area contributed by atoms with Crippen molar-refractivity contribution in [1.82, 2.24) is 0 Å². The fourth-order valence-corrected chi connectivity index (χ4v) is 0.676. The molecule has 0 bridgehead atoms. The van der Waals surface area contributed by atoms with E-state index < -0.39 is 18.4 Å². The summed E-state index contributed by atoms with van der Waals surface area (Å²) >= 11 is 0. The van der Waals surface area contributed by atoms with Crippen LogP contribution in [-0.2, 0) is 9.53 Å². The normalized spacial score (nSPS) is 12.0. The van der Waals surface area contributed by atoms with Gasteiger partial charge in [-0.15, -0.1) is 0 Å². The number of carbonyl (C=O) groups excluding carboxylic acids is 1. The molecule has 0 N–H and O–H groups in total. The number of allylic oxidation sites excluding steroid dienone is 1.